The van der Waals surface area contributed by atoms with Crippen LogP contribution in [0.1, 0.15) is 5.56 Å². The van der Waals surface area contributed by atoms with E-state index in [2.05, 4.69) is 0 Å². The third kappa shape index (κ3) is 3.37. The summed E-state index contributed by atoms with van der Waals surface area (Å²) < 4.78 is 4.87. The van der Waals surface area contributed by atoms with Gasteiger partial charge in [-0.1, -0.05) is 12.1 Å². The Bertz CT molecular complexity index is 265. The van der Waals surface area contributed by atoms with Crippen LogP contribution in [0.5, 0.6) is 5.75 Å². The van der Waals surface area contributed by atoms with Crippen LogP contribution >= 0.6 is 0 Å². The van der Waals surface area contributed by atoms with Crippen molar-refractivity contribution in [3.8, 4) is 5.75 Å². The number of hydrogen-bond acceptors (Lipinski definition) is 4. The molecule has 1 rings (SSSR count). The molecule has 0 aliphatic carbocycles. The lowest BCUT2D eigenvalue weighted by molar-refractivity contribution is 0.265. The van der Waals surface area contributed by atoms with Gasteiger partial charge in [0.25, 0.3) is 0 Å². The molecule has 0 spiro atoms. The molecule has 76 valence electrons. The molecule has 1 aromatic carbocycles. The molecule has 0 saturated heterocycles. The van der Waals surface area contributed by atoms with Gasteiger partial charge in [0.15, 0.2) is 0 Å². The van der Waals surface area contributed by atoms with Crippen LogP contribution in [0.2, 0.25) is 0 Å². The molecule has 0 aromatic heterocycles. The van der Waals surface area contributed by atoms with Gasteiger partial charge in [-0.15, -0.1) is 0 Å². The maximum atomic E-state index is 8.75. The van der Waals surface area contributed by atoms with E-state index in [0.717, 1.165) is 5.56 Å². The Hall–Kier alpha value is -1.04. The van der Waals surface area contributed by atoms with Crippen molar-refractivity contribution in [2.24, 2.45) is 5.73 Å². The molecule has 0 radical (unpaired) electrons. The maximum absolute atomic E-state index is 8.75. The standard InChI is InChI=1S/C9H14BNO3/c11-8(6-12)5-7-1-3-9(4-2-7)14-10-13/h1-4,8,10,12-13H,5-6,11H2. The van der Waals surface area contributed by atoms with Gasteiger partial charge in [0.1, 0.15) is 5.75 Å². The van der Waals surface area contributed by atoms with Crippen LogP contribution in [0.15, 0.2) is 24.3 Å². The van der Waals surface area contributed by atoms with Gasteiger partial charge in [-0.2, -0.15) is 0 Å². The second kappa shape index (κ2) is 5.64. The van der Waals surface area contributed by atoms with E-state index in [-0.39, 0.29) is 20.3 Å². The van der Waals surface area contributed by atoms with Gasteiger partial charge in [0.2, 0.25) is 0 Å². The lowest BCUT2D eigenvalue weighted by atomic mass is 10.1. The van der Waals surface area contributed by atoms with Crippen LogP contribution in [0, 0.1) is 0 Å². The smallest absolute Gasteiger partial charge is 0.504 e. The third-order valence-corrected chi connectivity index (χ3v) is 1.89. The van der Waals surface area contributed by atoms with E-state index < -0.39 is 0 Å². The summed E-state index contributed by atoms with van der Waals surface area (Å²) in [5.74, 6) is 0.619. The molecule has 5 heteroatoms. The number of aliphatic hydroxyl groups is 1. The first-order valence-corrected chi connectivity index (χ1v) is 4.45. The Morgan fingerprint density at radius 1 is 1.36 bits per heavy atom. The van der Waals surface area contributed by atoms with Gasteiger partial charge in [0.05, 0.1) is 6.61 Å². The molecule has 0 heterocycles. The zero-order chi connectivity index (χ0) is 10.4. The number of hydrogen-bond donors (Lipinski definition) is 3. The molecule has 14 heavy (non-hydrogen) atoms. The zero-order valence-electron chi connectivity index (χ0n) is 7.89. The SMILES string of the molecule is NC(CO)Cc1ccc(OBO)cc1. The summed E-state index contributed by atoms with van der Waals surface area (Å²) in [5.41, 5.74) is 6.62. The molecule has 1 atom stereocenters. The zero-order valence-corrected chi connectivity index (χ0v) is 7.89. The quantitative estimate of drug-likeness (QED) is 0.537. The molecule has 0 amide bonds. The fourth-order valence-electron chi connectivity index (χ4n) is 1.16. The van der Waals surface area contributed by atoms with Crippen LogP contribution in [0.4, 0.5) is 0 Å². The Balaban J connectivity index is 2.54. The highest BCUT2D eigenvalue weighted by atomic mass is 16.5. The van der Waals surface area contributed by atoms with Crippen molar-refractivity contribution in [1.29, 1.82) is 0 Å². The third-order valence-electron chi connectivity index (χ3n) is 1.89. The van der Waals surface area contributed by atoms with E-state index in [9.17, 15) is 0 Å². The Labute approximate surface area is 83.6 Å². The molecule has 0 aliphatic rings. The van der Waals surface area contributed by atoms with Gasteiger partial charge in [-0.05, 0) is 24.1 Å². The van der Waals surface area contributed by atoms with E-state index in [1.54, 1.807) is 12.1 Å². The van der Waals surface area contributed by atoms with Gasteiger partial charge >= 0.3 is 7.69 Å². The van der Waals surface area contributed by atoms with E-state index in [1.807, 2.05) is 12.1 Å². The van der Waals surface area contributed by atoms with Crippen LogP contribution in [-0.2, 0) is 6.42 Å². The van der Waals surface area contributed by atoms with Crippen molar-refractivity contribution in [2.75, 3.05) is 6.61 Å². The monoisotopic (exact) mass is 195 g/mol. The summed E-state index contributed by atoms with van der Waals surface area (Å²) in [4.78, 5) is 0. The molecule has 4 N–H and O–H groups in total. The maximum Gasteiger partial charge on any atom is 0.504 e. The van der Waals surface area contributed by atoms with Crippen molar-refractivity contribution in [3.05, 3.63) is 29.8 Å². The van der Waals surface area contributed by atoms with E-state index in [4.69, 9.17) is 20.5 Å². The van der Waals surface area contributed by atoms with Gasteiger partial charge < -0.3 is 20.5 Å². The lowest BCUT2D eigenvalue weighted by Crippen LogP contribution is -2.26. The summed E-state index contributed by atoms with van der Waals surface area (Å²) in [7, 11) is -0.324. The van der Waals surface area contributed by atoms with Crippen molar-refractivity contribution in [2.45, 2.75) is 12.5 Å². The van der Waals surface area contributed by atoms with Gasteiger partial charge in [-0.3, -0.25) is 0 Å². The predicted octanol–water partition coefficient (Wildman–Crippen LogP) is -0.814. The highest BCUT2D eigenvalue weighted by Crippen LogP contribution is 2.12. The highest BCUT2D eigenvalue weighted by Gasteiger charge is 2.02. The predicted molar refractivity (Wildman–Crippen MR) is 55.2 cm³/mol. The summed E-state index contributed by atoms with van der Waals surface area (Å²) in [6.45, 7) is -0.0190. The molecule has 0 saturated carbocycles. The van der Waals surface area contributed by atoms with Crippen molar-refractivity contribution < 1.29 is 14.8 Å². The number of benzene rings is 1. The fraction of sp³-hybridized carbons (Fsp3) is 0.333. The number of nitrogens with two attached hydrogens (primary N) is 1. The highest BCUT2D eigenvalue weighted by molar-refractivity contribution is 6.17. The van der Waals surface area contributed by atoms with E-state index in [1.165, 1.54) is 0 Å². The second-order valence-corrected chi connectivity index (χ2v) is 3.06. The molecule has 0 fully saturated rings. The van der Waals surface area contributed by atoms with Gasteiger partial charge in [-0.25, -0.2) is 0 Å². The molecular formula is C9H14BNO3. The summed E-state index contributed by atoms with van der Waals surface area (Å²) in [5, 5.41) is 17.2. The number of aliphatic hydroxyl groups excluding tert-OH is 1. The topological polar surface area (TPSA) is 75.7 Å². The van der Waals surface area contributed by atoms with Crippen molar-refractivity contribution >= 4 is 7.69 Å². The summed E-state index contributed by atoms with van der Waals surface area (Å²) in [6.07, 6.45) is 0.635. The molecule has 1 unspecified atom stereocenters. The minimum absolute atomic E-state index is 0.0190. The molecule has 4 nitrogen and oxygen atoms in total. The van der Waals surface area contributed by atoms with E-state index in [0.29, 0.717) is 12.2 Å². The normalized spacial score (nSPS) is 12.2. The van der Waals surface area contributed by atoms with Crippen molar-refractivity contribution in [1.82, 2.24) is 0 Å². The average molecular weight is 195 g/mol. The molecule has 1 aromatic rings. The van der Waals surface area contributed by atoms with Crippen LogP contribution < -0.4 is 10.4 Å². The van der Waals surface area contributed by atoms with Crippen molar-refractivity contribution in [3.63, 3.8) is 0 Å². The Morgan fingerprint density at radius 3 is 2.50 bits per heavy atom. The second-order valence-electron chi connectivity index (χ2n) is 3.06. The number of rotatable bonds is 5. The summed E-state index contributed by atoms with van der Waals surface area (Å²) >= 11 is 0. The first-order valence-electron chi connectivity index (χ1n) is 4.45. The Morgan fingerprint density at radius 2 is 2.00 bits per heavy atom. The minimum atomic E-state index is -0.324. The Kier molecular flexibility index (Phi) is 4.45. The minimum Gasteiger partial charge on any atom is -0.539 e. The molecular weight excluding hydrogens is 181 g/mol. The average Bonchev–Trinajstić information content (AvgIpc) is 2.21. The van der Waals surface area contributed by atoms with Crippen LogP contribution in [0.3, 0.4) is 0 Å². The summed E-state index contributed by atoms with van der Waals surface area (Å²) in [6, 6.07) is 7.02. The van der Waals surface area contributed by atoms with Gasteiger partial charge in [0, 0.05) is 6.04 Å². The molecule has 0 bridgehead atoms. The van der Waals surface area contributed by atoms with Crippen LogP contribution in [0.25, 0.3) is 0 Å². The first-order chi connectivity index (χ1) is 6.76. The van der Waals surface area contributed by atoms with E-state index >= 15 is 0 Å². The largest absolute Gasteiger partial charge is 0.539 e. The fourth-order valence-corrected chi connectivity index (χ4v) is 1.16. The molecule has 0 aliphatic heterocycles. The lowest BCUT2D eigenvalue weighted by Gasteiger charge is -2.08. The first kappa shape index (κ1) is 11.0. The van der Waals surface area contributed by atoms with Crippen LogP contribution in [-0.4, -0.2) is 30.5 Å².